The van der Waals surface area contributed by atoms with E-state index in [0.717, 1.165) is 6.07 Å². The molecule has 1 aromatic rings. The van der Waals surface area contributed by atoms with Gasteiger partial charge in [-0.3, -0.25) is 0 Å². The normalized spacial score (nSPS) is 9.78. The van der Waals surface area contributed by atoms with Gasteiger partial charge >= 0.3 is 0 Å². The third kappa shape index (κ3) is 0.620. The second kappa shape index (κ2) is 1.48. The number of nitrogens with zero attached hydrogens (tertiary/aromatic N) is 1. The van der Waals surface area contributed by atoms with Crippen LogP contribution in [0.1, 0.15) is 0 Å². The highest BCUT2D eigenvalue weighted by atomic mass is 16.5. The monoisotopic (exact) mass is 131 g/mol. The molecule has 0 fully saturated rings. The van der Waals surface area contributed by atoms with Gasteiger partial charge in [0.05, 0.1) is 0 Å². The fourth-order valence-electron chi connectivity index (χ4n) is 0.465. The molecule has 0 bridgehead atoms. The van der Waals surface area contributed by atoms with Crippen molar-refractivity contribution >= 4 is 0 Å². The van der Waals surface area contributed by atoms with E-state index in [-0.39, 0.29) is 4.73 Å². The Morgan fingerprint density at radius 3 is 1.89 bits per heavy atom. The lowest BCUT2D eigenvalue weighted by Crippen LogP contribution is -1.85. The van der Waals surface area contributed by atoms with Crippen LogP contribution in [0.5, 0.6) is 17.5 Å². The summed E-state index contributed by atoms with van der Waals surface area (Å²) in [5.41, 5.74) is 0. The zero-order valence-corrected chi connectivity index (χ0v) is 4.31. The van der Waals surface area contributed by atoms with Gasteiger partial charge in [0.1, 0.15) is 0 Å². The number of hydrogen-bond acceptors (Lipinski definition) is 4. The molecule has 0 aliphatic heterocycles. The van der Waals surface area contributed by atoms with E-state index in [1.165, 1.54) is 0 Å². The van der Waals surface area contributed by atoms with Crippen molar-refractivity contribution in [2.45, 2.75) is 0 Å². The minimum Gasteiger partial charge on any atom is -0.503 e. The topological polar surface area (TPSA) is 85.9 Å². The van der Waals surface area contributed by atoms with Crippen molar-refractivity contribution in [1.29, 1.82) is 0 Å². The van der Waals surface area contributed by atoms with Gasteiger partial charge < -0.3 is 20.5 Å². The lowest BCUT2D eigenvalue weighted by molar-refractivity contribution is 0.128. The largest absolute Gasteiger partial charge is 0.503 e. The Hall–Kier alpha value is -1.52. The third-order valence-electron chi connectivity index (χ3n) is 0.913. The van der Waals surface area contributed by atoms with Crippen molar-refractivity contribution in [2.24, 2.45) is 0 Å². The van der Waals surface area contributed by atoms with Crippen molar-refractivity contribution < 1.29 is 20.5 Å². The summed E-state index contributed by atoms with van der Waals surface area (Å²) >= 11 is 0. The van der Waals surface area contributed by atoms with E-state index >= 15 is 0 Å². The summed E-state index contributed by atoms with van der Waals surface area (Å²) in [4.78, 5) is 0. The van der Waals surface area contributed by atoms with E-state index in [4.69, 9.17) is 20.5 Å². The molecule has 0 unspecified atom stereocenters. The van der Waals surface area contributed by atoms with Crippen molar-refractivity contribution in [3.8, 4) is 17.5 Å². The van der Waals surface area contributed by atoms with E-state index in [1.54, 1.807) is 0 Å². The molecule has 50 valence electrons. The van der Waals surface area contributed by atoms with Crippen LogP contribution in [0, 0.1) is 0 Å². The van der Waals surface area contributed by atoms with E-state index in [0.29, 0.717) is 0 Å². The zero-order chi connectivity index (χ0) is 7.02. The minimum absolute atomic E-state index is 0.0648. The van der Waals surface area contributed by atoms with Crippen LogP contribution in [0.2, 0.25) is 0 Å². The maximum absolute atomic E-state index is 8.53. The lowest BCUT2D eigenvalue weighted by atomic mass is 10.6. The highest BCUT2D eigenvalue weighted by molar-refractivity contribution is 5.38. The molecule has 0 aromatic carbocycles. The molecule has 5 heteroatoms. The Morgan fingerprint density at radius 1 is 1.22 bits per heavy atom. The molecule has 0 aliphatic carbocycles. The number of hydrogen-bond donors (Lipinski definition) is 4. The molecule has 0 saturated heterocycles. The molecular weight excluding hydrogens is 126 g/mol. The summed E-state index contributed by atoms with van der Waals surface area (Å²) in [5.74, 6) is -1.94. The summed E-state index contributed by atoms with van der Waals surface area (Å²) in [5, 5.41) is 34.1. The van der Waals surface area contributed by atoms with Crippen LogP contribution in [-0.2, 0) is 0 Å². The Labute approximate surface area is 50.0 Å². The third-order valence-corrected chi connectivity index (χ3v) is 0.913. The Morgan fingerprint density at radius 2 is 1.78 bits per heavy atom. The second-order valence-corrected chi connectivity index (χ2v) is 1.52. The van der Waals surface area contributed by atoms with Gasteiger partial charge in [0.25, 0.3) is 5.88 Å². The van der Waals surface area contributed by atoms with Crippen molar-refractivity contribution in [1.82, 2.24) is 4.73 Å². The van der Waals surface area contributed by atoms with Crippen LogP contribution in [0.25, 0.3) is 0 Å². The molecule has 0 spiro atoms. The quantitative estimate of drug-likeness (QED) is 0.368. The highest BCUT2D eigenvalue weighted by Gasteiger charge is 2.10. The first-order valence-corrected chi connectivity index (χ1v) is 2.15. The molecule has 1 rings (SSSR count). The number of aromatic nitrogens is 1. The highest BCUT2D eigenvalue weighted by Crippen LogP contribution is 2.30. The fraction of sp³-hybridized carbons (Fsp3) is 0. The average Bonchev–Trinajstić information content (AvgIpc) is 1.98. The molecule has 1 aromatic heterocycles. The van der Waals surface area contributed by atoms with Crippen LogP contribution < -0.4 is 0 Å². The first kappa shape index (κ1) is 5.61. The predicted octanol–water partition coefficient (Wildman–Crippen LogP) is -0.158. The SMILES string of the molecule is Oc1cc(O)n(O)c1O. The average molecular weight is 131 g/mol. The Kier molecular flexibility index (Phi) is 0.921. The molecule has 0 amide bonds. The van der Waals surface area contributed by atoms with Crippen molar-refractivity contribution in [2.75, 3.05) is 0 Å². The van der Waals surface area contributed by atoms with Crippen LogP contribution in [-0.4, -0.2) is 25.3 Å². The van der Waals surface area contributed by atoms with Gasteiger partial charge in [-0.15, -0.1) is 4.73 Å². The van der Waals surface area contributed by atoms with Gasteiger partial charge in [-0.05, 0) is 0 Å². The zero-order valence-electron chi connectivity index (χ0n) is 4.31. The van der Waals surface area contributed by atoms with E-state index < -0.39 is 17.5 Å². The predicted molar refractivity (Wildman–Crippen MR) is 26.6 cm³/mol. The molecule has 0 saturated carbocycles. The maximum Gasteiger partial charge on any atom is 0.271 e. The van der Waals surface area contributed by atoms with Gasteiger partial charge in [0.2, 0.25) is 5.88 Å². The van der Waals surface area contributed by atoms with Crippen LogP contribution >= 0.6 is 0 Å². The first-order valence-electron chi connectivity index (χ1n) is 2.15. The second-order valence-electron chi connectivity index (χ2n) is 1.52. The molecule has 1 heterocycles. The number of aromatic hydroxyl groups is 3. The van der Waals surface area contributed by atoms with Crippen LogP contribution in [0.15, 0.2) is 6.07 Å². The maximum atomic E-state index is 8.53. The van der Waals surface area contributed by atoms with E-state index in [9.17, 15) is 0 Å². The summed E-state index contributed by atoms with van der Waals surface area (Å²) in [6.07, 6.45) is 0. The van der Waals surface area contributed by atoms with Gasteiger partial charge in [-0.2, -0.15) is 0 Å². The molecule has 9 heavy (non-hydrogen) atoms. The van der Waals surface area contributed by atoms with Gasteiger partial charge in [-0.25, -0.2) is 0 Å². The molecular formula is C4H5NO4. The smallest absolute Gasteiger partial charge is 0.271 e. The van der Waals surface area contributed by atoms with E-state index in [2.05, 4.69) is 0 Å². The van der Waals surface area contributed by atoms with Crippen molar-refractivity contribution in [3.05, 3.63) is 6.07 Å². The molecule has 5 nitrogen and oxygen atoms in total. The first-order chi connectivity index (χ1) is 4.13. The molecule has 0 aliphatic rings. The summed E-state index contributed by atoms with van der Waals surface area (Å²) < 4.78 is 0.0648. The Bertz CT molecular complexity index is 206. The lowest BCUT2D eigenvalue weighted by Gasteiger charge is -1.91. The van der Waals surface area contributed by atoms with Crippen LogP contribution in [0.3, 0.4) is 0 Å². The summed E-state index contributed by atoms with van der Waals surface area (Å²) in [7, 11) is 0. The van der Waals surface area contributed by atoms with Crippen molar-refractivity contribution in [3.63, 3.8) is 0 Å². The Balaban J connectivity index is 3.29. The van der Waals surface area contributed by atoms with Gasteiger partial charge in [0.15, 0.2) is 5.75 Å². The van der Waals surface area contributed by atoms with Gasteiger partial charge in [0, 0.05) is 6.07 Å². The minimum atomic E-state index is -0.771. The van der Waals surface area contributed by atoms with Crippen LogP contribution in [0.4, 0.5) is 0 Å². The standard InChI is InChI=1S/C4H5NO4/c6-2-1-3(7)5(9)4(2)8/h1,6-9H. The van der Waals surface area contributed by atoms with E-state index in [1.807, 2.05) is 0 Å². The molecule has 4 N–H and O–H groups in total. The van der Waals surface area contributed by atoms with Gasteiger partial charge in [-0.1, -0.05) is 0 Å². The summed E-state index contributed by atoms with van der Waals surface area (Å²) in [6, 6.07) is 0.815. The molecule has 0 radical (unpaired) electrons. The fourth-order valence-corrected chi connectivity index (χ4v) is 0.465. The molecule has 0 atom stereocenters. The number of rotatable bonds is 0. The summed E-state index contributed by atoms with van der Waals surface area (Å²) in [6.45, 7) is 0.